The van der Waals surface area contributed by atoms with E-state index in [1.165, 1.54) is 12.1 Å². The van der Waals surface area contributed by atoms with Gasteiger partial charge in [-0.3, -0.25) is 0 Å². The van der Waals surface area contributed by atoms with Crippen molar-refractivity contribution in [1.82, 2.24) is 0 Å². The van der Waals surface area contributed by atoms with Crippen LogP contribution in [0.2, 0.25) is 0 Å². The van der Waals surface area contributed by atoms with Crippen LogP contribution in [0.4, 0.5) is 10.1 Å². The van der Waals surface area contributed by atoms with Crippen LogP contribution in [0.15, 0.2) is 18.2 Å². The first-order valence-corrected chi connectivity index (χ1v) is 6.52. The summed E-state index contributed by atoms with van der Waals surface area (Å²) in [5.74, 6) is 0.290. The largest absolute Gasteiger partial charge is 0.396 e. The summed E-state index contributed by atoms with van der Waals surface area (Å²) in [7, 11) is 0. The molecule has 18 heavy (non-hydrogen) atoms. The standard InChI is InChI=1S/C14H21FN2O/c1-10(16)13-8-12(15)2-3-14(13)17-6-4-11(9-17)5-7-18/h2-3,8,10-11,18H,4-7,9,16H2,1H3/t10-,11?/m0/s1. The summed E-state index contributed by atoms with van der Waals surface area (Å²) in [5.41, 5.74) is 7.81. The van der Waals surface area contributed by atoms with Crippen molar-refractivity contribution in [1.29, 1.82) is 0 Å². The molecule has 0 amide bonds. The Kier molecular flexibility index (Phi) is 4.19. The highest BCUT2D eigenvalue weighted by Crippen LogP contribution is 2.31. The van der Waals surface area contributed by atoms with E-state index in [1.54, 1.807) is 0 Å². The average Bonchev–Trinajstić information content (AvgIpc) is 2.78. The number of anilines is 1. The number of nitrogens with zero attached hydrogens (tertiary/aromatic N) is 1. The van der Waals surface area contributed by atoms with E-state index in [4.69, 9.17) is 10.8 Å². The number of benzene rings is 1. The lowest BCUT2D eigenvalue weighted by Crippen LogP contribution is -2.23. The first kappa shape index (κ1) is 13.3. The van der Waals surface area contributed by atoms with Crippen LogP contribution in [0, 0.1) is 11.7 Å². The van der Waals surface area contributed by atoms with Crippen molar-refractivity contribution < 1.29 is 9.50 Å². The van der Waals surface area contributed by atoms with Crippen molar-refractivity contribution in [3.63, 3.8) is 0 Å². The third-order valence-electron chi connectivity index (χ3n) is 3.64. The molecule has 3 nitrogen and oxygen atoms in total. The van der Waals surface area contributed by atoms with Gasteiger partial charge in [-0.15, -0.1) is 0 Å². The van der Waals surface area contributed by atoms with E-state index in [0.29, 0.717) is 5.92 Å². The second kappa shape index (κ2) is 5.67. The number of nitrogens with two attached hydrogens (primary N) is 1. The smallest absolute Gasteiger partial charge is 0.123 e. The van der Waals surface area contributed by atoms with Crippen molar-refractivity contribution in [2.45, 2.75) is 25.8 Å². The molecule has 2 atom stereocenters. The summed E-state index contributed by atoms with van der Waals surface area (Å²) < 4.78 is 13.3. The minimum Gasteiger partial charge on any atom is -0.396 e. The third kappa shape index (κ3) is 2.82. The Bertz CT molecular complexity index is 409. The van der Waals surface area contributed by atoms with E-state index in [2.05, 4.69) is 4.90 Å². The molecule has 0 radical (unpaired) electrons. The summed E-state index contributed by atoms with van der Waals surface area (Å²) >= 11 is 0. The zero-order valence-electron chi connectivity index (χ0n) is 10.8. The van der Waals surface area contributed by atoms with Crippen molar-refractivity contribution in [3.05, 3.63) is 29.6 Å². The molecule has 1 unspecified atom stereocenters. The Labute approximate surface area is 107 Å². The molecular formula is C14H21FN2O. The van der Waals surface area contributed by atoms with Crippen LogP contribution >= 0.6 is 0 Å². The molecule has 1 aliphatic rings. The van der Waals surface area contributed by atoms with Crippen LogP contribution in [0.5, 0.6) is 0 Å². The van der Waals surface area contributed by atoms with Gasteiger partial charge in [0.15, 0.2) is 0 Å². The molecule has 0 saturated carbocycles. The van der Waals surface area contributed by atoms with Crippen molar-refractivity contribution in [2.24, 2.45) is 11.7 Å². The van der Waals surface area contributed by atoms with Crippen LogP contribution in [0.3, 0.4) is 0 Å². The summed E-state index contributed by atoms with van der Waals surface area (Å²) in [4.78, 5) is 2.25. The first-order chi connectivity index (χ1) is 8.61. The van der Waals surface area contributed by atoms with E-state index in [1.807, 2.05) is 13.0 Å². The number of aliphatic hydroxyl groups is 1. The van der Waals surface area contributed by atoms with Crippen molar-refractivity contribution in [3.8, 4) is 0 Å². The fraction of sp³-hybridized carbons (Fsp3) is 0.571. The maximum absolute atomic E-state index is 13.3. The van der Waals surface area contributed by atoms with Crippen LogP contribution in [-0.4, -0.2) is 24.8 Å². The molecule has 1 aliphatic heterocycles. The van der Waals surface area contributed by atoms with Crippen LogP contribution in [-0.2, 0) is 0 Å². The number of hydrogen-bond acceptors (Lipinski definition) is 3. The van der Waals surface area contributed by atoms with Gasteiger partial charge in [0.2, 0.25) is 0 Å². The lowest BCUT2D eigenvalue weighted by molar-refractivity contribution is 0.263. The van der Waals surface area contributed by atoms with Crippen LogP contribution in [0.25, 0.3) is 0 Å². The molecule has 3 N–H and O–H groups in total. The molecule has 2 rings (SSSR count). The van der Waals surface area contributed by atoms with E-state index >= 15 is 0 Å². The van der Waals surface area contributed by atoms with Gasteiger partial charge >= 0.3 is 0 Å². The molecular weight excluding hydrogens is 231 g/mol. The lowest BCUT2D eigenvalue weighted by atomic mass is 10.0. The highest BCUT2D eigenvalue weighted by molar-refractivity contribution is 5.55. The Hall–Kier alpha value is -1.13. The lowest BCUT2D eigenvalue weighted by Gasteiger charge is -2.23. The first-order valence-electron chi connectivity index (χ1n) is 6.52. The maximum atomic E-state index is 13.3. The van der Waals surface area contributed by atoms with Gasteiger partial charge in [-0.05, 0) is 49.4 Å². The summed E-state index contributed by atoms with van der Waals surface area (Å²) in [6.45, 7) is 3.99. The van der Waals surface area contributed by atoms with Crippen LogP contribution < -0.4 is 10.6 Å². The fourth-order valence-electron chi connectivity index (χ4n) is 2.65. The van der Waals surface area contributed by atoms with Crippen LogP contribution in [0.1, 0.15) is 31.4 Å². The Morgan fingerprint density at radius 3 is 3.00 bits per heavy atom. The highest BCUT2D eigenvalue weighted by atomic mass is 19.1. The summed E-state index contributed by atoms with van der Waals surface area (Å²) in [5, 5.41) is 8.97. The second-order valence-corrected chi connectivity index (χ2v) is 5.10. The number of rotatable bonds is 4. The van der Waals surface area contributed by atoms with E-state index in [0.717, 1.165) is 37.2 Å². The Morgan fingerprint density at radius 2 is 2.33 bits per heavy atom. The third-order valence-corrected chi connectivity index (χ3v) is 3.64. The molecule has 0 aromatic heterocycles. The Balaban J connectivity index is 2.18. The topological polar surface area (TPSA) is 49.5 Å². The zero-order valence-corrected chi connectivity index (χ0v) is 10.8. The van der Waals surface area contributed by atoms with Gasteiger partial charge in [-0.2, -0.15) is 0 Å². The van der Waals surface area contributed by atoms with Gasteiger partial charge < -0.3 is 15.7 Å². The van der Waals surface area contributed by atoms with Gasteiger partial charge in [-0.1, -0.05) is 0 Å². The van der Waals surface area contributed by atoms with Gasteiger partial charge in [-0.25, -0.2) is 4.39 Å². The normalized spacial score (nSPS) is 21.3. The molecule has 1 fully saturated rings. The van der Waals surface area contributed by atoms with Gasteiger partial charge in [0.05, 0.1) is 0 Å². The number of hydrogen-bond donors (Lipinski definition) is 2. The molecule has 1 heterocycles. The molecule has 4 heteroatoms. The Morgan fingerprint density at radius 1 is 1.56 bits per heavy atom. The van der Waals surface area contributed by atoms with Crippen molar-refractivity contribution >= 4 is 5.69 Å². The monoisotopic (exact) mass is 252 g/mol. The molecule has 0 spiro atoms. The predicted molar refractivity (Wildman–Crippen MR) is 71.0 cm³/mol. The second-order valence-electron chi connectivity index (χ2n) is 5.10. The average molecular weight is 252 g/mol. The van der Waals surface area contributed by atoms with Crippen molar-refractivity contribution in [2.75, 3.05) is 24.6 Å². The fourth-order valence-corrected chi connectivity index (χ4v) is 2.65. The SMILES string of the molecule is C[C@H](N)c1cc(F)ccc1N1CCC(CCO)C1. The van der Waals surface area contributed by atoms with E-state index in [-0.39, 0.29) is 18.5 Å². The summed E-state index contributed by atoms with van der Waals surface area (Å²) in [6, 6.07) is 4.66. The summed E-state index contributed by atoms with van der Waals surface area (Å²) in [6.07, 6.45) is 1.92. The molecule has 100 valence electrons. The van der Waals surface area contributed by atoms with E-state index in [9.17, 15) is 4.39 Å². The molecule has 1 aromatic rings. The quantitative estimate of drug-likeness (QED) is 0.862. The zero-order chi connectivity index (χ0) is 13.1. The minimum absolute atomic E-state index is 0.174. The highest BCUT2D eigenvalue weighted by Gasteiger charge is 2.24. The van der Waals surface area contributed by atoms with E-state index < -0.39 is 0 Å². The number of halogens is 1. The van der Waals surface area contributed by atoms with Gasteiger partial charge in [0, 0.05) is 31.4 Å². The minimum atomic E-state index is -0.239. The van der Waals surface area contributed by atoms with Gasteiger partial charge in [0.1, 0.15) is 5.82 Å². The van der Waals surface area contributed by atoms with Gasteiger partial charge in [0.25, 0.3) is 0 Å². The molecule has 0 aliphatic carbocycles. The maximum Gasteiger partial charge on any atom is 0.123 e. The predicted octanol–water partition coefficient (Wildman–Crippen LogP) is 2.05. The molecule has 1 saturated heterocycles. The number of aliphatic hydroxyl groups excluding tert-OH is 1. The molecule has 1 aromatic carbocycles. The molecule has 0 bridgehead atoms.